The molecule has 0 unspecified atom stereocenters. The van der Waals surface area contributed by atoms with Gasteiger partial charge in [-0.2, -0.15) is 4.98 Å². The van der Waals surface area contributed by atoms with Crippen LogP contribution < -0.4 is 10.6 Å². The number of thiophene rings is 1. The third-order valence-corrected chi connectivity index (χ3v) is 5.99. The van der Waals surface area contributed by atoms with Gasteiger partial charge >= 0.3 is 0 Å². The van der Waals surface area contributed by atoms with E-state index in [1.807, 2.05) is 0 Å². The number of benzene rings is 1. The van der Waals surface area contributed by atoms with Crippen LogP contribution in [0.25, 0.3) is 10.2 Å². The Morgan fingerprint density at radius 1 is 0.962 bits per heavy atom. The van der Waals surface area contributed by atoms with E-state index in [1.165, 1.54) is 18.4 Å². The van der Waals surface area contributed by atoms with E-state index in [-0.39, 0.29) is 0 Å². The zero-order valence-electron chi connectivity index (χ0n) is 14.6. The number of hydrogen-bond donors (Lipinski definition) is 2. The van der Waals surface area contributed by atoms with Crippen LogP contribution in [-0.2, 0) is 4.74 Å². The summed E-state index contributed by atoms with van der Waals surface area (Å²) in [5.74, 6) is 2.22. The maximum absolute atomic E-state index is 5.46. The van der Waals surface area contributed by atoms with Crippen LogP contribution in [0.3, 0.4) is 0 Å². The van der Waals surface area contributed by atoms with Gasteiger partial charge in [0.25, 0.3) is 0 Å². The van der Waals surface area contributed by atoms with E-state index in [2.05, 4.69) is 51.3 Å². The summed E-state index contributed by atoms with van der Waals surface area (Å²) in [4.78, 5) is 9.38. The molecule has 3 aromatic rings. The number of hydrogen-bond acceptors (Lipinski definition) is 6. The molecule has 134 valence electrons. The van der Waals surface area contributed by atoms with Crippen molar-refractivity contribution >= 4 is 39.0 Å². The van der Waals surface area contributed by atoms with Crippen LogP contribution in [0.15, 0.2) is 35.7 Å². The molecule has 0 radical (unpaired) electrons. The third kappa shape index (κ3) is 3.39. The van der Waals surface area contributed by atoms with E-state index in [4.69, 9.17) is 9.72 Å². The fraction of sp³-hybridized carbons (Fsp3) is 0.400. The van der Waals surface area contributed by atoms with Crippen LogP contribution in [-0.4, -0.2) is 29.2 Å². The number of ether oxygens (including phenoxy) is 1. The molecule has 0 amide bonds. The summed E-state index contributed by atoms with van der Waals surface area (Å²) in [6.07, 6.45) is 4.68. The normalized spacial score (nSPS) is 18.2. The summed E-state index contributed by atoms with van der Waals surface area (Å²) in [6, 6.07) is 11.3. The predicted octanol–water partition coefficient (Wildman–Crippen LogP) is 4.90. The molecule has 1 aliphatic heterocycles. The Balaban J connectivity index is 1.36. The van der Waals surface area contributed by atoms with Gasteiger partial charge in [0, 0.05) is 24.9 Å². The molecular weight excluding hydrogens is 344 g/mol. The molecule has 3 heterocycles. The van der Waals surface area contributed by atoms with Gasteiger partial charge < -0.3 is 15.4 Å². The Hall–Kier alpha value is -2.18. The fourth-order valence-electron chi connectivity index (χ4n) is 3.44. The second-order valence-electron chi connectivity index (χ2n) is 7.08. The van der Waals surface area contributed by atoms with Crippen molar-refractivity contribution in [3.05, 3.63) is 41.3 Å². The molecule has 2 aliphatic rings. The molecule has 0 bridgehead atoms. The highest BCUT2D eigenvalue weighted by Gasteiger charge is 2.23. The Morgan fingerprint density at radius 2 is 1.77 bits per heavy atom. The van der Waals surface area contributed by atoms with Gasteiger partial charge in [0.05, 0.1) is 10.2 Å². The van der Waals surface area contributed by atoms with E-state index >= 15 is 0 Å². The monoisotopic (exact) mass is 366 g/mol. The largest absolute Gasteiger partial charge is 0.381 e. The van der Waals surface area contributed by atoms with Crippen LogP contribution >= 0.6 is 11.3 Å². The van der Waals surface area contributed by atoms with Gasteiger partial charge in [-0.25, -0.2) is 4.98 Å². The van der Waals surface area contributed by atoms with E-state index in [9.17, 15) is 0 Å². The van der Waals surface area contributed by atoms with Crippen molar-refractivity contribution < 1.29 is 4.74 Å². The van der Waals surface area contributed by atoms with Crippen molar-refractivity contribution in [3.8, 4) is 0 Å². The first-order valence-corrected chi connectivity index (χ1v) is 10.2. The van der Waals surface area contributed by atoms with Crippen molar-refractivity contribution in [1.82, 2.24) is 9.97 Å². The van der Waals surface area contributed by atoms with Gasteiger partial charge in [-0.15, -0.1) is 11.3 Å². The van der Waals surface area contributed by atoms with E-state index < -0.39 is 0 Å². The van der Waals surface area contributed by atoms with Crippen LogP contribution in [0, 0.1) is 0 Å². The summed E-state index contributed by atoms with van der Waals surface area (Å²) < 4.78 is 6.60. The number of rotatable bonds is 5. The quantitative estimate of drug-likeness (QED) is 0.672. The average Bonchev–Trinajstić information content (AvgIpc) is 3.37. The van der Waals surface area contributed by atoms with Crippen LogP contribution in [0.5, 0.6) is 0 Å². The highest BCUT2D eigenvalue weighted by molar-refractivity contribution is 7.17. The van der Waals surface area contributed by atoms with Gasteiger partial charge in [0.2, 0.25) is 5.95 Å². The first-order valence-electron chi connectivity index (χ1n) is 9.32. The van der Waals surface area contributed by atoms with Gasteiger partial charge in [0.1, 0.15) is 5.82 Å². The van der Waals surface area contributed by atoms with Crippen molar-refractivity contribution in [3.63, 3.8) is 0 Å². The van der Waals surface area contributed by atoms with Crippen LogP contribution in [0.4, 0.5) is 17.5 Å². The average molecular weight is 366 g/mol. The molecule has 26 heavy (non-hydrogen) atoms. The molecule has 2 N–H and O–H groups in total. The van der Waals surface area contributed by atoms with E-state index in [0.717, 1.165) is 47.8 Å². The Morgan fingerprint density at radius 3 is 2.54 bits per heavy atom. The lowest BCUT2D eigenvalue weighted by Crippen LogP contribution is -2.13. The Kier molecular flexibility index (Phi) is 4.22. The molecule has 1 saturated carbocycles. The molecule has 1 saturated heterocycles. The van der Waals surface area contributed by atoms with Crippen molar-refractivity contribution in [2.24, 2.45) is 0 Å². The lowest BCUT2D eigenvalue weighted by molar-refractivity contribution is 0.0853. The molecule has 0 atom stereocenters. The topological polar surface area (TPSA) is 59.1 Å². The van der Waals surface area contributed by atoms with Crippen LogP contribution in [0.2, 0.25) is 0 Å². The fourth-order valence-corrected chi connectivity index (χ4v) is 4.22. The van der Waals surface area contributed by atoms with Gasteiger partial charge in [-0.3, -0.25) is 0 Å². The van der Waals surface area contributed by atoms with Gasteiger partial charge in [-0.05, 0) is 60.7 Å². The van der Waals surface area contributed by atoms with Crippen molar-refractivity contribution in [1.29, 1.82) is 0 Å². The minimum Gasteiger partial charge on any atom is -0.381 e. The molecule has 0 spiro atoms. The first kappa shape index (κ1) is 16.0. The number of aromatic nitrogens is 2. The predicted molar refractivity (Wildman–Crippen MR) is 107 cm³/mol. The maximum Gasteiger partial charge on any atom is 0.229 e. The van der Waals surface area contributed by atoms with Crippen molar-refractivity contribution in [2.75, 3.05) is 23.8 Å². The SMILES string of the molecule is c1cc2nc(Nc3ccc(C4CCOCC4)cc3)nc(NC3CC3)c2s1. The summed E-state index contributed by atoms with van der Waals surface area (Å²) >= 11 is 1.69. The molecular formula is C20H22N4OS. The molecule has 2 fully saturated rings. The summed E-state index contributed by atoms with van der Waals surface area (Å²) in [5.41, 5.74) is 3.41. The molecule has 5 rings (SSSR count). The van der Waals surface area contributed by atoms with Gasteiger partial charge in [0.15, 0.2) is 0 Å². The number of anilines is 3. The van der Waals surface area contributed by atoms with Gasteiger partial charge in [-0.1, -0.05) is 12.1 Å². The smallest absolute Gasteiger partial charge is 0.229 e. The van der Waals surface area contributed by atoms with E-state index in [1.54, 1.807) is 11.3 Å². The Bertz CT molecular complexity index is 898. The number of fused-ring (bicyclic) bond motifs is 1. The molecule has 6 heteroatoms. The molecule has 2 aromatic heterocycles. The maximum atomic E-state index is 5.46. The molecule has 1 aliphatic carbocycles. The minimum absolute atomic E-state index is 0.571. The summed E-state index contributed by atoms with van der Waals surface area (Å²) in [6.45, 7) is 1.74. The highest BCUT2D eigenvalue weighted by Crippen LogP contribution is 2.33. The molecule has 1 aromatic carbocycles. The lowest BCUT2D eigenvalue weighted by atomic mass is 9.92. The second kappa shape index (κ2) is 6.85. The standard InChI is InChI=1S/C20H22N4OS/c1-3-16(4-2-13(1)14-7-10-25-11-8-14)22-20-23-17-9-12-26-18(17)19(24-20)21-15-5-6-15/h1-4,9,12,14-15H,5-8,10-11H2,(H2,21,22,23,24). The zero-order valence-corrected chi connectivity index (χ0v) is 15.4. The Labute approximate surface area is 156 Å². The lowest BCUT2D eigenvalue weighted by Gasteiger charge is -2.22. The molecule has 5 nitrogen and oxygen atoms in total. The zero-order chi connectivity index (χ0) is 17.3. The number of nitrogens with one attached hydrogen (secondary N) is 2. The second-order valence-corrected chi connectivity index (χ2v) is 8.00. The summed E-state index contributed by atoms with van der Waals surface area (Å²) in [7, 11) is 0. The van der Waals surface area contributed by atoms with Crippen LogP contribution in [0.1, 0.15) is 37.2 Å². The third-order valence-electron chi connectivity index (χ3n) is 5.08. The number of nitrogens with zero attached hydrogens (tertiary/aromatic N) is 2. The van der Waals surface area contributed by atoms with E-state index in [0.29, 0.717) is 17.9 Å². The highest BCUT2D eigenvalue weighted by atomic mass is 32.1. The summed E-state index contributed by atoms with van der Waals surface area (Å²) in [5, 5.41) is 8.97. The first-order chi connectivity index (χ1) is 12.8. The van der Waals surface area contributed by atoms with Crippen molar-refractivity contribution in [2.45, 2.75) is 37.6 Å². The minimum atomic E-state index is 0.571.